The first-order valence-electron chi connectivity index (χ1n) is 5.33. The Kier molecular flexibility index (Phi) is 4.78. The van der Waals surface area contributed by atoms with E-state index in [1.54, 1.807) is 0 Å². The van der Waals surface area contributed by atoms with Crippen molar-refractivity contribution in [3.8, 4) is 0 Å². The molecule has 6 heteroatoms. The molecule has 1 heterocycles. The number of aliphatic hydroxyl groups excluding tert-OH is 1. The molecule has 1 atom stereocenters. The fourth-order valence-corrected chi connectivity index (χ4v) is 1.31. The van der Waals surface area contributed by atoms with Crippen LogP contribution in [0, 0.1) is 5.92 Å². The quantitative estimate of drug-likeness (QED) is 0.517. The molecule has 0 saturated heterocycles. The van der Waals surface area contributed by atoms with Crippen LogP contribution in [0.5, 0.6) is 0 Å². The Morgan fingerprint density at radius 1 is 1.75 bits per heavy atom. The van der Waals surface area contributed by atoms with Crippen LogP contribution in [0.1, 0.15) is 30.3 Å². The summed E-state index contributed by atoms with van der Waals surface area (Å²) in [6, 6.07) is 0. The smallest absolute Gasteiger partial charge is 0.271 e. The summed E-state index contributed by atoms with van der Waals surface area (Å²) < 4.78 is 0. The van der Waals surface area contributed by atoms with Crippen molar-refractivity contribution in [2.24, 2.45) is 5.92 Å². The van der Waals surface area contributed by atoms with Crippen molar-refractivity contribution < 1.29 is 9.90 Å². The highest BCUT2D eigenvalue weighted by molar-refractivity contribution is 5.96. The third-order valence-electron chi connectivity index (χ3n) is 2.37. The van der Waals surface area contributed by atoms with E-state index < -0.39 is 0 Å². The van der Waals surface area contributed by atoms with Gasteiger partial charge in [-0.2, -0.15) is 5.10 Å². The van der Waals surface area contributed by atoms with E-state index in [-0.39, 0.29) is 18.4 Å². The third-order valence-corrected chi connectivity index (χ3v) is 2.37. The summed E-state index contributed by atoms with van der Waals surface area (Å²) in [7, 11) is 0. The third kappa shape index (κ3) is 3.54. The van der Waals surface area contributed by atoms with Crippen LogP contribution in [0.2, 0.25) is 0 Å². The number of nitrogens with one attached hydrogen (secondary N) is 2. The van der Waals surface area contributed by atoms with Gasteiger partial charge >= 0.3 is 0 Å². The summed E-state index contributed by atoms with van der Waals surface area (Å²) >= 11 is 0. The Bertz CT molecular complexity index is 337. The minimum absolute atomic E-state index is 0.182. The molecule has 0 aliphatic carbocycles. The van der Waals surface area contributed by atoms with E-state index in [4.69, 9.17) is 10.8 Å². The fourth-order valence-electron chi connectivity index (χ4n) is 1.31. The van der Waals surface area contributed by atoms with Gasteiger partial charge in [0.1, 0.15) is 5.69 Å². The largest absolute Gasteiger partial charge is 0.396 e. The molecule has 5 N–H and O–H groups in total. The van der Waals surface area contributed by atoms with Gasteiger partial charge in [-0.1, -0.05) is 6.92 Å². The number of hydrogen-bond acceptors (Lipinski definition) is 4. The Hall–Kier alpha value is -1.56. The van der Waals surface area contributed by atoms with Gasteiger partial charge in [0.25, 0.3) is 5.91 Å². The van der Waals surface area contributed by atoms with Crippen LogP contribution in [0.3, 0.4) is 0 Å². The number of H-pyrrole nitrogens is 1. The van der Waals surface area contributed by atoms with Crippen molar-refractivity contribution in [3.63, 3.8) is 0 Å². The predicted octanol–water partition coefficient (Wildman–Crippen LogP) is 0.130. The van der Waals surface area contributed by atoms with Crippen LogP contribution in [0.15, 0.2) is 6.20 Å². The number of amides is 1. The minimum Gasteiger partial charge on any atom is -0.396 e. The molecule has 16 heavy (non-hydrogen) atoms. The number of nitrogen functional groups attached to an aromatic ring is 1. The van der Waals surface area contributed by atoms with Crippen LogP contribution in [-0.4, -0.2) is 34.4 Å². The van der Waals surface area contributed by atoms with Crippen LogP contribution < -0.4 is 11.1 Å². The molecule has 0 bridgehead atoms. The molecule has 0 radical (unpaired) electrons. The second kappa shape index (κ2) is 6.12. The molecule has 6 nitrogen and oxygen atoms in total. The summed E-state index contributed by atoms with van der Waals surface area (Å²) in [5.41, 5.74) is 6.18. The molecule has 0 aliphatic rings. The van der Waals surface area contributed by atoms with Gasteiger partial charge in [0.2, 0.25) is 0 Å². The number of aliphatic hydroxyl groups is 1. The highest BCUT2D eigenvalue weighted by atomic mass is 16.3. The topological polar surface area (TPSA) is 104 Å². The lowest BCUT2D eigenvalue weighted by molar-refractivity contribution is 0.0948. The molecule has 1 aromatic rings. The molecule has 1 rings (SSSR count). The van der Waals surface area contributed by atoms with E-state index in [0.717, 1.165) is 12.8 Å². The van der Waals surface area contributed by atoms with Crippen molar-refractivity contribution in [1.82, 2.24) is 15.5 Å². The number of hydrogen-bond donors (Lipinski definition) is 4. The summed E-state index contributed by atoms with van der Waals surface area (Å²) in [4.78, 5) is 11.5. The number of nitrogens with zero attached hydrogens (tertiary/aromatic N) is 1. The number of anilines is 1. The molecule has 1 unspecified atom stereocenters. The number of nitrogens with two attached hydrogens (primary N) is 1. The minimum atomic E-state index is -0.244. The number of aromatic amines is 1. The SMILES string of the molecule is CC(CO)CCCNC(=O)c1[nH]ncc1N. The summed E-state index contributed by atoms with van der Waals surface area (Å²) in [5.74, 6) is 0.0285. The molecule has 1 aromatic heterocycles. The van der Waals surface area contributed by atoms with Crippen molar-refractivity contribution in [3.05, 3.63) is 11.9 Å². The summed E-state index contributed by atoms with van der Waals surface area (Å²) in [6.45, 7) is 2.72. The van der Waals surface area contributed by atoms with Crippen LogP contribution in [0.25, 0.3) is 0 Å². The van der Waals surface area contributed by atoms with Gasteiger partial charge in [-0.05, 0) is 18.8 Å². The van der Waals surface area contributed by atoms with Crippen molar-refractivity contribution in [2.75, 3.05) is 18.9 Å². The number of carbonyl (C=O) groups is 1. The molecule has 0 aromatic carbocycles. The number of aromatic nitrogens is 2. The van der Waals surface area contributed by atoms with Crippen LogP contribution >= 0.6 is 0 Å². The van der Waals surface area contributed by atoms with Crippen molar-refractivity contribution in [2.45, 2.75) is 19.8 Å². The van der Waals surface area contributed by atoms with Gasteiger partial charge in [-0.25, -0.2) is 0 Å². The van der Waals surface area contributed by atoms with E-state index in [1.807, 2.05) is 6.92 Å². The molecular weight excluding hydrogens is 208 g/mol. The van der Waals surface area contributed by atoms with Gasteiger partial charge < -0.3 is 16.2 Å². The second-order valence-electron chi connectivity index (χ2n) is 3.89. The lowest BCUT2D eigenvalue weighted by Crippen LogP contribution is -2.26. The molecule has 0 fully saturated rings. The average molecular weight is 226 g/mol. The monoisotopic (exact) mass is 226 g/mol. The van der Waals surface area contributed by atoms with Gasteiger partial charge in [0, 0.05) is 13.2 Å². The van der Waals surface area contributed by atoms with E-state index in [2.05, 4.69) is 15.5 Å². The molecule has 0 spiro atoms. The lowest BCUT2D eigenvalue weighted by atomic mass is 10.1. The first-order chi connectivity index (χ1) is 7.65. The zero-order valence-electron chi connectivity index (χ0n) is 9.36. The van der Waals surface area contributed by atoms with Gasteiger partial charge in [-0.15, -0.1) is 0 Å². The Balaban J connectivity index is 2.24. The maximum atomic E-state index is 11.5. The molecule has 0 aliphatic heterocycles. The molecule has 90 valence electrons. The molecular formula is C10H18N4O2. The molecule has 1 amide bonds. The lowest BCUT2D eigenvalue weighted by Gasteiger charge is -2.07. The maximum absolute atomic E-state index is 11.5. The average Bonchev–Trinajstić information content (AvgIpc) is 2.70. The van der Waals surface area contributed by atoms with Gasteiger partial charge in [0.15, 0.2) is 0 Å². The normalized spacial score (nSPS) is 12.4. The predicted molar refractivity (Wildman–Crippen MR) is 60.8 cm³/mol. The van der Waals surface area contributed by atoms with Crippen LogP contribution in [-0.2, 0) is 0 Å². The standard InChI is InChI=1S/C10H18N4O2/c1-7(6-15)3-2-4-12-10(16)9-8(11)5-13-14-9/h5,7,15H,2-4,6,11H2,1H3,(H,12,16)(H,13,14). The maximum Gasteiger partial charge on any atom is 0.271 e. The van der Waals surface area contributed by atoms with E-state index >= 15 is 0 Å². The van der Waals surface area contributed by atoms with Gasteiger partial charge in [0.05, 0.1) is 11.9 Å². The Morgan fingerprint density at radius 2 is 2.50 bits per heavy atom. The first kappa shape index (κ1) is 12.5. The van der Waals surface area contributed by atoms with E-state index in [9.17, 15) is 4.79 Å². The Morgan fingerprint density at radius 3 is 3.06 bits per heavy atom. The van der Waals surface area contributed by atoms with E-state index in [0.29, 0.717) is 17.9 Å². The first-order valence-corrected chi connectivity index (χ1v) is 5.33. The summed E-state index contributed by atoms with van der Waals surface area (Å²) in [5, 5.41) is 17.8. The van der Waals surface area contributed by atoms with Gasteiger partial charge in [-0.3, -0.25) is 9.89 Å². The van der Waals surface area contributed by atoms with Crippen molar-refractivity contribution in [1.29, 1.82) is 0 Å². The zero-order chi connectivity index (χ0) is 12.0. The van der Waals surface area contributed by atoms with Crippen molar-refractivity contribution >= 4 is 11.6 Å². The number of carbonyl (C=O) groups excluding carboxylic acids is 1. The zero-order valence-corrected chi connectivity index (χ0v) is 9.36. The number of rotatable bonds is 6. The fraction of sp³-hybridized carbons (Fsp3) is 0.600. The van der Waals surface area contributed by atoms with E-state index in [1.165, 1.54) is 6.20 Å². The Labute approximate surface area is 94.2 Å². The molecule has 0 saturated carbocycles. The summed E-state index contributed by atoms with van der Waals surface area (Å²) in [6.07, 6.45) is 3.12. The highest BCUT2D eigenvalue weighted by Gasteiger charge is 2.10. The highest BCUT2D eigenvalue weighted by Crippen LogP contribution is 2.06. The van der Waals surface area contributed by atoms with Crippen LogP contribution in [0.4, 0.5) is 5.69 Å². The second-order valence-corrected chi connectivity index (χ2v) is 3.89.